The first-order chi connectivity index (χ1) is 10.0. The average Bonchev–Trinajstić information content (AvgIpc) is 2.47. The van der Waals surface area contributed by atoms with Crippen LogP contribution in [0.2, 0.25) is 0 Å². The van der Waals surface area contributed by atoms with Crippen LogP contribution in [-0.2, 0) is 0 Å². The Hall–Kier alpha value is -2.56. The normalized spacial score (nSPS) is 11.8. The number of hydrogen-bond donors (Lipinski definition) is 1. The molecule has 1 N–H and O–H groups in total. The van der Waals surface area contributed by atoms with Crippen LogP contribution in [0.4, 0.5) is 11.4 Å². The van der Waals surface area contributed by atoms with E-state index < -0.39 is 4.92 Å². The Balaban J connectivity index is 2.34. The zero-order chi connectivity index (χ0) is 15.4. The standard InChI is InChI=1S/C16H18N2O3/c1-11-6-4-5-7-14(11)12(2)17-15-10-13(21-3)8-9-16(15)18(19)20/h4-10,12,17H,1-3H3. The number of aryl methyl sites for hydroxylation is 1. The van der Waals surface area contributed by atoms with Gasteiger partial charge in [0.15, 0.2) is 0 Å². The Kier molecular flexibility index (Phi) is 4.42. The fourth-order valence-corrected chi connectivity index (χ4v) is 2.30. The zero-order valence-electron chi connectivity index (χ0n) is 12.3. The maximum atomic E-state index is 11.1. The van der Waals surface area contributed by atoms with Crippen molar-refractivity contribution in [2.24, 2.45) is 0 Å². The van der Waals surface area contributed by atoms with Crippen molar-refractivity contribution in [3.63, 3.8) is 0 Å². The number of benzene rings is 2. The molecule has 0 bridgehead atoms. The molecule has 0 aliphatic rings. The molecule has 0 aliphatic heterocycles. The van der Waals surface area contributed by atoms with Crippen molar-refractivity contribution in [2.75, 3.05) is 12.4 Å². The van der Waals surface area contributed by atoms with Gasteiger partial charge in [0.1, 0.15) is 11.4 Å². The molecule has 0 saturated carbocycles. The Morgan fingerprint density at radius 2 is 1.95 bits per heavy atom. The van der Waals surface area contributed by atoms with Gasteiger partial charge in [-0.2, -0.15) is 0 Å². The third kappa shape index (κ3) is 3.31. The molecule has 21 heavy (non-hydrogen) atoms. The number of rotatable bonds is 5. The lowest BCUT2D eigenvalue weighted by Crippen LogP contribution is -2.09. The maximum absolute atomic E-state index is 11.1. The molecule has 0 heterocycles. The van der Waals surface area contributed by atoms with Gasteiger partial charge in [-0.05, 0) is 31.0 Å². The molecule has 2 aromatic carbocycles. The highest BCUT2D eigenvalue weighted by molar-refractivity contribution is 5.65. The molecule has 5 heteroatoms. The van der Waals surface area contributed by atoms with Gasteiger partial charge < -0.3 is 10.1 Å². The van der Waals surface area contributed by atoms with Gasteiger partial charge in [-0.1, -0.05) is 24.3 Å². The summed E-state index contributed by atoms with van der Waals surface area (Å²) in [5.74, 6) is 0.583. The summed E-state index contributed by atoms with van der Waals surface area (Å²) in [4.78, 5) is 10.7. The first-order valence-electron chi connectivity index (χ1n) is 6.67. The maximum Gasteiger partial charge on any atom is 0.292 e. The predicted molar refractivity (Wildman–Crippen MR) is 82.9 cm³/mol. The zero-order valence-corrected chi connectivity index (χ0v) is 12.3. The van der Waals surface area contributed by atoms with Crippen molar-refractivity contribution in [3.8, 4) is 5.75 Å². The number of anilines is 1. The largest absolute Gasteiger partial charge is 0.497 e. The Morgan fingerprint density at radius 3 is 2.57 bits per heavy atom. The Labute approximate surface area is 123 Å². The highest BCUT2D eigenvalue weighted by Gasteiger charge is 2.17. The van der Waals surface area contributed by atoms with Crippen LogP contribution in [0.1, 0.15) is 24.1 Å². The van der Waals surface area contributed by atoms with Crippen molar-refractivity contribution < 1.29 is 9.66 Å². The van der Waals surface area contributed by atoms with Gasteiger partial charge in [0.25, 0.3) is 5.69 Å². The van der Waals surface area contributed by atoms with Gasteiger partial charge in [0, 0.05) is 18.2 Å². The lowest BCUT2D eigenvalue weighted by Gasteiger charge is -2.18. The summed E-state index contributed by atoms with van der Waals surface area (Å²) in [7, 11) is 1.54. The third-order valence-corrected chi connectivity index (χ3v) is 3.43. The molecule has 0 aromatic heterocycles. The van der Waals surface area contributed by atoms with Crippen molar-refractivity contribution in [3.05, 3.63) is 63.7 Å². The van der Waals surface area contributed by atoms with Crippen molar-refractivity contribution >= 4 is 11.4 Å². The summed E-state index contributed by atoms with van der Waals surface area (Å²) < 4.78 is 5.14. The number of nitro benzene ring substituents is 1. The number of nitrogens with one attached hydrogen (secondary N) is 1. The number of nitro groups is 1. The topological polar surface area (TPSA) is 64.4 Å². The molecule has 0 radical (unpaired) electrons. The molecule has 1 atom stereocenters. The van der Waals surface area contributed by atoms with E-state index in [9.17, 15) is 10.1 Å². The first-order valence-corrected chi connectivity index (χ1v) is 6.67. The van der Waals surface area contributed by atoms with E-state index >= 15 is 0 Å². The van der Waals surface area contributed by atoms with Crippen LogP contribution in [0.25, 0.3) is 0 Å². The summed E-state index contributed by atoms with van der Waals surface area (Å²) >= 11 is 0. The second-order valence-corrected chi connectivity index (χ2v) is 4.86. The van der Waals surface area contributed by atoms with Crippen molar-refractivity contribution in [2.45, 2.75) is 19.9 Å². The van der Waals surface area contributed by atoms with E-state index in [1.165, 1.54) is 13.2 Å². The number of ether oxygens (including phenoxy) is 1. The highest BCUT2D eigenvalue weighted by atomic mass is 16.6. The van der Waals surface area contributed by atoms with Crippen LogP contribution < -0.4 is 10.1 Å². The molecule has 0 aliphatic carbocycles. The van der Waals surface area contributed by atoms with E-state index in [4.69, 9.17) is 4.74 Å². The third-order valence-electron chi connectivity index (χ3n) is 3.43. The van der Waals surface area contributed by atoms with E-state index in [0.717, 1.165) is 11.1 Å². The molecular weight excluding hydrogens is 268 g/mol. The van der Waals surface area contributed by atoms with Crippen LogP contribution in [0, 0.1) is 17.0 Å². The Morgan fingerprint density at radius 1 is 1.24 bits per heavy atom. The lowest BCUT2D eigenvalue weighted by molar-refractivity contribution is -0.384. The molecule has 2 aromatic rings. The van der Waals surface area contributed by atoms with Crippen LogP contribution in [-0.4, -0.2) is 12.0 Å². The summed E-state index contributed by atoms with van der Waals surface area (Å²) in [6, 6.07) is 12.6. The van der Waals surface area contributed by atoms with Gasteiger partial charge in [0.2, 0.25) is 0 Å². The van der Waals surface area contributed by atoms with E-state index in [0.29, 0.717) is 11.4 Å². The van der Waals surface area contributed by atoms with Crippen LogP contribution in [0.3, 0.4) is 0 Å². The molecule has 0 spiro atoms. The van der Waals surface area contributed by atoms with E-state index in [1.807, 2.05) is 38.1 Å². The first kappa shape index (κ1) is 14.8. The minimum atomic E-state index is -0.396. The highest BCUT2D eigenvalue weighted by Crippen LogP contribution is 2.32. The molecule has 0 saturated heterocycles. The fraction of sp³-hybridized carbons (Fsp3) is 0.250. The molecule has 0 amide bonds. The van der Waals surface area contributed by atoms with Gasteiger partial charge in [-0.15, -0.1) is 0 Å². The lowest BCUT2D eigenvalue weighted by atomic mass is 10.0. The van der Waals surface area contributed by atoms with Gasteiger partial charge in [-0.25, -0.2) is 0 Å². The number of methoxy groups -OCH3 is 1. The monoisotopic (exact) mass is 286 g/mol. The quantitative estimate of drug-likeness (QED) is 0.664. The summed E-state index contributed by atoms with van der Waals surface area (Å²) in [6.07, 6.45) is 0. The van der Waals surface area contributed by atoms with E-state index in [2.05, 4.69) is 5.32 Å². The second kappa shape index (κ2) is 6.26. The molecule has 2 rings (SSSR count). The Bertz CT molecular complexity index is 656. The minimum Gasteiger partial charge on any atom is -0.497 e. The summed E-state index contributed by atoms with van der Waals surface area (Å²) in [5, 5.41) is 14.3. The minimum absolute atomic E-state index is 0.0382. The predicted octanol–water partition coefficient (Wildman–Crippen LogP) is 4.08. The SMILES string of the molecule is COc1ccc([N+](=O)[O-])c(NC(C)c2ccccc2C)c1. The second-order valence-electron chi connectivity index (χ2n) is 4.86. The summed E-state index contributed by atoms with van der Waals surface area (Å²) in [6.45, 7) is 4.00. The number of nitrogens with zero attached hydrogens (tertiary/aromatic N) is 1. The van der Waals surface area contributed by atoms with E-state index in [-0.39, 0.29) is 11.7 Å². The molecule has 5 nitrogen and oxygen atoms in total. The molecular formula is C16H18N2O3. The summed E-state index contributed by atoms with van der Waals surface area (Å²) in [5.41, 5.74) is 2.74. The van der Waals surface area contributed by atoms with Crippen LogP contribution in [0.5, 0.6) is 5.75 Å². The van der Waals surface area contributed by atoms with Gasteiger partial charge >= 0.3 is 0 Å². The molecule has 110 valence electrons. The van der Waals surface area contributed by atoms with Gasteiger partial charge in [-0.3, -0.25) is 10.1 Å². The fourth-order valence-electron chi connectivity index (χ4n) is 2.30. The van der Waals surface area contributed by atoms with Crippen LogP contribution >= 0.6 is 0 Å². The van der Waals surface area contributed by atoms with E-state index in [1.54, 1.807) is 12.1 Å². The number of hydrogen-bond acceptors (Lipinski definition) is 4. The average molecular weight is 286 g/mol. The smallest absolute Gasteiger partial charge is 0.292 e. The van der Waals surface area contributed by atoms with Gasteiger partial charge in [0.05, 0.1) is 12.0 Å². The molecule has 0 fully saturated rings. The van der Waals surface area contributed by atoms with Crippen LogP contribution in [0.15, 0.2) is 42.5 Å². The van der Waals surface area contributed by atoms with Crippen molar-refractivity contribution in [1.29, 1.82) is 0 Å². The van der Waals surface area contributed by atoms with Crippen molar-refractivity contribution in [1.82, 2.24) is 0 Å². The molecule has 1 unspecified atom stereocenters.